The van der Waals surface area contributed by atoms with Gasteiger partial charge in [0.1, 0.15) is 5.54 Å². The zero-order valence-electron chi connectivity index (χ0n) is 14.4. The fourth-order valence-electron chi connectivity index (χ4n) is 2.70. The molecule has 124 valence electrons. The van der Waals surface area contributed by atoms with E-state index in [9.17, 15) is 9.90 Å². The Bertz CT molecular complexity index is 333. The first-order valence-corrected chi connectivity index (χ1v) is 8.15. The molecule has 0 aromatic carbocycles. The second-order valence-electron chi connectivity index (χ2n) is 7.31. The highest BCUT2D eigenvalue weighted by molar-refractivity contribution is 5.78. The molecule has 0 saturated carbocycles. The minimum Gasteiger partial charge on any atom is -0.480 e. The van der Waals surface area contributed by atoms with Gasteiger partial charge in [0.05, 0.1) is 0 Å². The molecule has 1 aliphatic heterocycles. The highest BCUT2D eigenvalue weighted by Crippen LogP contribution is 2.17. The van der Waals surface area contributed by atoms with Crippen LogP contribution in [0.3, 0.4) is 0 Å². The lowest BCUT2D eigenvalue weighted by atomic mass is 9.97. The highest BCUT2D eigenvalue weighted by Gasteiger charge is 2.33. The Morgan fingerprint density at radius 1 is 1.14 bits per heavy atom. The molecular weight excluding hydrogens is 266 g/mol. The monoisotopic (exact) mass is 299 g/mol. The van der Waals surface area contributed by atoms with Gasteiger partial charge >= 0.3 is 5.97 Å². The van der Waals surface area contributed by atoms with Crippen molar-refractivity contribution in [3.63, 3.8) is 0 Å². The van der Waals surface area contributed by atoms with Crippen molar-refractivity contribution in [2.75, 3.05) is 39.3 Å². The average Bonchev–Trinajstić information content (AvgIpc) is 2.42. The molecule has 0 aromatic heterocycles. The number of carboxylic acids is 1. The third-order valence-corrected chi connectivity index (χ3v) is 4.49. The van der Waals surface area contributed by atoms with Gasteiger partial charge in [0, 0.05) is 38.3 Å². The minimum absolute atomic E-state index is 0.227. The van der Waals surface area contributed by atoms with E-state index < -0.39 is 11.5 Å². The Morgan fingerprint density at radius 3 is 2.14 bits per heavy atom. The van der Waals surface area contributed by atoms with Crippen molar-refractivity contribution in [2.45, 2.75) is 58.5 Å². The number of nitrogens with one attached hydrogen (secondary N) is 1. The summed E-state index contributed by atoms with van der Waals surface area (Å²) in [5.74, 6) is -0.746. The molecule has 1 unspecified atom stereocenters. The molecule has 0 aliphatic carbocycles. The van der Waals surface area contributed by atoms with E-state index in [2.05, 4.69) is 42.8 Å². The van der Waals surface area contributed by atoms with Crippen molar-refractivity contribution in [1.82, 2.24) is 15.1 Å². The summed E-state index contributed by atoms with van der Waals surface area (Å²) in [5.41, 5.74) is -0.582. The average molecular weight is 299 g/mol. The summed E-state index contributed by atoms with van der Waals surface area (Å²) in [6.07, 6.45) is 1.60. The van der Waals surface area contributed by atoms with Gasteiger partial charge in [0.15, 0.2) is 0 Å². The second kappa shape index (κ2) is 7.56. The van der Waals surface area contributed by atoms with Gasteiger partial charge in [-0.25, -0.2) is 0 Å². The summed E-state index contributed by atoms with van der Waals surface area (Å²) >= 11 is 0. The van der Waals surface area contributed by atoms with Crippen LogP contribution in [0.25, 0.3) is 0 Å². The summed E-state index contributed by atoms with van der Waals surface area (Å²) < 4.78 is 0. The standard InChI is InChI=1S/C16H33N3O2/c1-6-8-17-16(5,14(20)21)7-9-18-10-12-19(13-11-18)15(2,3)4/h17H,6-13H2,1-5H3,(H,20,21). The first-order valence-electron chi connectivity index (χ1n) is 8.15. The van der Waals surface area contributed by atoms with Gasteiger partial charge < -0.3 is 15.3 Å². The van der Waals surface area contributed by atoms with E-state index in [4.69, 9.17) is 0 Å². The van der Waals surface area contributed by atoms with Gasteiger partial charge in [0.2, 0.25) is 0 Å². The third kappa shape index (κ3) is 5.57. The van der Waals surface area contributed by atoms with Gasteiger partial charge in [-0.1, -0.05) is 6.92 Å². The Hall–Kier alpha value is -0.650. The Balaban J connectivity index is 2.43. The van der Waals surface area contributed by atoms with Crippen LogP contribution in [0.1, 0.15) is 47.5 Å². The van der Waals surface area contributed by atoms with Crippen LogP contribution >= 0.6 is 0 Å². The molecule has 1 heterocycles. The second-order valence-corrected chi connectivity index (χ2v) is 7.31. The van der Waals surface area contributed by atoms with Crippen LogP contribution in [-0.2, 0) is 4.79 Å². The van der Waals surface area contributed by atoms with Crippen molar-refractivity contribution in [3.8, 4) is 0 Å². The van der Waals surface area contributed by atoms with Crippen molar-refractivity contribution in [3.05, 3.63) is 0 Å². The van der Waals surface area contributed by atoms with Crippen LogP contribution in [0.2, 0.25) is 0 Å². The van der Waals surface area contributed by atoms with Crippen LogP contribution in [0.15, 0.2) is 0 Å². The summed E-state index contributed by atoms with van der Waals surface area (Å²) in [4.78, 5) is 16.4. The van der Waals surface area contributed by atoms with Crippen LogP contribution in [0, 0.1) is 0 Å². The number of carbonyl (C=O) groups is 1. The third-order valence-electron chi connectivity index (χ3n) is 4.49. The molecule has 0 aromatic rings. The molecule has 1 fully saturated rings. The quantitative estimate of drug-likeness (QED) is 0.748. The topological polar surface area (TPSA) is 55.8 Å². The molecule has 1 saturated heterocycles. The van der Waals surface area contributed by atoms with Gasteiger partial charge in [-0.2, -0.15) is 0 Å². The Labute approximate surface area is 129 Å². The molecule has 5 nitrogen and oxygen atoms in total. The fraction of sp³-hybridized carbons (Fsp3) is 0.938. The first kappa shape index (κ1) is 18.4. The van der Waals surface area contributed by atoms with Crippen molar-refractivity contribution in [1.29, 1.82) is 0 Å². The normalized spacial score (nSPS) is 21.2. The van der Waals surface area contributed by atoms with Crippen LogP contribution in [0.5, 0.6) is 0 Å². The molecule has 5 heteroatoms. The Morgan fingerprint density at radius 2 is 1.71 bits per heavy atom. The zero-order chi connectivity index (χ0) is 16.1. The van der Waals surface area contributed by atoms with Gasteiger partial charge in [-0.15, -0.1) is 0 Å². The van der Waals surface area contributed by atoms with Crippen LogP contribution in [-0.4, -0.2) is 71.2 Å². The van der Waals surface area contributed by atoms with Crippen molar-refractivity contribution < 1.29 is 9.90 Å². The predicted octanol–water partition coefficient (Wildman–Crippen LogP) is 1.64. The predicted molar refractivity (Wildman–Crippen MR) is 86.7 cm³/mol. The molecule has 0 amide bonds. The molecular formula is C16H33N3O2. The summed E-state index contributed by atoms with van der Waals surface area (Å²) in [5, 5.41) is 12.6. The molecule has 0 spiro atoms. The SMILES string of the molecule is CCCNC(C)(CCN1CCN(C(C)(C)C)CC1)C(=O)O. The first-order chi connectivity index (χ1) is 9.69. The highest BCUT2D eigenvalue weighted by atomic mass is 16.4. The maximum Gasteiger partial charge on any atom is 0.323 e. The molecule has 0 bridgehead atoms. The van der Waals surface area contributed by atoms with E-state index in [-0.39, 0.29) is 5.54 Å². The lowest BCUT2D eigenvalue weighted by Gasteiger charge is -2.42. The minimum atomic E-state index is -0.808. The molecule has 1 atom stereocenters. The number of hydrogen-bond donors (Lipinski definition) is 2. The largest absolute Gasteiger partial charge is 0.480 e. The number of rotatable bonds is 7. The smallest absolute Gasteiger partial charge is 0.323 e. The van der Waals surface area contributed by atoms with Crippen LogP contribution in [0.4, 0.5) is 0 Å². The number of aliphatic carboxylic acids is 1. The van der Waals surface area contributed by atoms with E-state index in [0.29, 0.717) is 6.42 Å². The number of nitrogens with zero attached hydrogens (tertiary/aromatic N) is 2. The summed E-state index contributed by atoms with van der Waals surface area (Å²) in [6, 6.07) is 0. The van der Waals surface area contributed by atoms with Crippen molar-refractivity contribution >= 4 is 5.97 Å². The van der Waals surface area contributed by atoms with Gasteiger partial charge in [-0.3, -0.25) is 9.69 Å². The lowest BCUT2D eigenvalue weighted by Crippen LogP contribution is -2.55. The summed E-state index contributed by atoms with van der Waals surface area (Å²) in [6.45, 7) is 16.4. The summed E-state index contributed by atoms with van der Waals surface area (Å²) in [7, 11) is 0. The van der Waals surface area contributed by atoms with Crippen LogP contribution < -0.4 is 5.32 Å². The maximum absolute atomic E-state index is 11.5. The molecule has 1 aliphatic rings. The molecule has 2 N–H and O–H groups in total. The van der Waals surface area contributed by atoms with E-state index in [1.165, 1.54) is 0 Å². The van der Waals surface area contributed by atoms with Gasteiger partial charge in [-0.05, 0) is 47.1 Å². The van der Waals surface area contributed by atoms with Gasteiger partial charge in [0.25, 0.3) is 0 Å². The van der Waals surface area contributed by atoms with E-state index >= 15 is 0 Å². The molecule has 0 radical (unpaired) electrons. The molecule has 21 heavy (non-hydrogen) atoms. The number of hydrogen-bond acceptors (Lipinski definition) is 4. The number of piperazine rings is 1. The number of carboxylic acid groups (broad SMARTS) is 1. The fourth-order valence-corrected chi connectivity index (χ4v) is 2.70. The zero-order valence-corrected chi connectivity index (χ0v) is 14.4. The van der Waals surface area contributed by atoms with E-state index in [0.717, 1.165) is 45.7 Å². The van der Waals surface area contributed by atoms with E-state index in [1.54, 1.807) is 6.92 Å². The van der Waals surface area contributed by atoms with E-state index in [1.807, 2.05) is 0 Å². The van der Waals surface area contributed by atoms with Crippen molar-refractivity contribution in [2.24, 2.45) is 0 Å². The maximum atomic E-state index is 11.5. The molecule has 1 rings (SSSR count). The lowest BCUT2D eigenvalue weighted by molar-refractivity contribution is -0.144. The Kier molecular flexibility index (Phi) is 6.63.